The topological polar surface area (TPSA) is 127 Å². The normalized spacial score (nSPS) is 19.6. The molecule has 1 unspecified atom stereocenters. The largest absolute Gasteiger partial charge is 0.494 e. The number of fused-ring (bicyclic) bond motifs is 4. The van der Waals surface area contributed by atoms with Crippen LogP contribution in [0.2, 0.25) is 0 Å². The van der Waals surface area contributed by atoms with Gasteiger partial charge in [-0.3, -0.25) is 33.6 Å². The second-order valence-electron chi connectivity index (χ2n) is 17.4. The van der Waals surface area contributed by atoms with Crippen molar-refractivity contribution < 1.29 is 50.6 Å². The predicted octanol–water partition coefficient (Wildman–Crippen LogP) is 9.04. The number of ether oxygens (including phenoxy) is 2. The molecule has 0 bridgehead atoms. The number of nitrogens with zero attached hydrogens (tertiary/aromatic N) is 6. The number of hydrogen-bond acceptors (Lipinski definition) is 10. The van der Waals surface area contributed by atoms with E-state index in [2.05, 4.69) is 14.9 Å². The van der Waals surface area contributed by atoms with Crippen LogP contribution >= 0.6 is 0 Å². The van der Waals surface area contributed by atoms with Gasteiger partial charge >= 0.3 is 12.7 Å². The fourth-order valence-corrected chi connectivity index (χ4v) is 9.66. The number of imide groups is 1. The van der Waals surface area contributed by atoms with Crippen molar-refractivity contribution in [3.8, 4) is 16.9 Å². The number of likely N-dealkylation sites (tertiary alicyclic amines) is 1. The Morgan fingerprint density at radius 1 is 0.754 bits per heavy atom. The lowest BCUT2D eigenvalue weighted by Crippen LogP contribution is -2.55. The maximum absolute atomic E-state index is 14.5. The lowest BCUT2D eigenvalue weighted by molar-refractivity contribution is -0.137. The molecule has 342 valence electrons. The SMILES string of the molecule is O=C1CCCCC(=O)C(N2C(=O)c3ccc(OCCCCCN4CCC(OC5CN(c6ncc(-c7ccc8c9cnccc9n(C(F)F)c8c7)cc6C(F)(F)F)C5)CC4)cc3C2=O)CC1. The van der Waals surface area contributed by atoms with Crippen molar-refractivity contribution in [3.05, 3.63) is 83.8 Å². The number of rotatable bonds is 13. The third kappa shape index (κ3) is 9.22. The first-order chi connectivity index (χ1) is 31.3. The minimum Gasteiger partial charge on any atom is -0.494 e. The molecule has 0 N–H and O–H groups in total. The Bertz CT molecular complexity index is 2620. The molecule has 17 heteroatoms. The minimum atomic E-state index is -4.70. The van der Waals surface area contributed by atoms with Crippen LogP contribution in [0.15, 0.2) is 67.1 Å². The van der Waals surface area contributed by atoms with E-state index >= 15 is 0 Å². The van der Waals surface area contributed by atoms with Gasteiger partial charge in [-0.1, -0.05) is 12.1 Å². The number of anilines is 1. The van der Waals surface area contributed by atoms with Gasteiger partial charge in [0.15, 0.2) is 5.78 Å². The summed E-state index contributed by atoms with van der Waals surface area (Å²) < 4.78 is 84.8. The van der Waals surface area contributed by atoms with Gasteiger partial charge in [-0.25, -0.2) is 4.98 Å². The Morgan fingerprint density at radius 2 is 1.54 bits per heavy atom. The summed E-state index contributed by atoms with van der Waals surface area (Å²) >= 11 is 0. The molecule has 1 aliphatic carbocycles. The van der Waals surface area contributed by atoms with Crippen molar-refractivity contribution in [1.82, 2.24) is 24.3 Å². The van der Waals surface area contributed by atoms with E-state index in [1.165, 1.54) is 30.7 Å². The lowest BCUT2D eigenvalue weighted by Gasteiger charge is -2.43. The number of alkyl halides is 5. The number of carbonyl (C=O) groups excluding carboxylic acids is 4. The van der Waals surface area contributed by atoms with Gasteiger partial charge in [-0.15, -0.1) is 0 Å². The highest BCUT2D eigenvalue weighted by Crippen LogP contribution is 2.41. The number of amides is 2. The van der Waals surface area contributed by atoms with Gasteiger partial charge in [0.25, 0.3) is 11.8 Å². The number of unbranched alkanes of at least 4 members (excludes halogenated alkanes) is 2. The molecule has 4 aliphatic rings. The average molecular weight is 901 g/mol. The Morgan fingerprint density at radius 3 is 2.32 bits per heavy atom. The zero-order valence-electron chi connectivity index (χ0n) is 35.7. The summed E-state index contributed by atoms with van der Waals surface area (Å²) in [6.45, 7) is 0.716. The van der Waals surface area contributed by atoms with E-state index in [1.54, 1.807) is 35.2 Å². The second kappa shape index (κ2) is 18.6. The molecule has 12 nitrogen and oxygen atoms in total. The quantitative estimate of drug-likeness (QED) is 0.0642. The summed E-state index contributed by atoms with van der Waals surface area (Å²) in [5, 5.41) is 1.05. The minimum absolute atomic E-state index is 0.00582. The summed E-state index contributed by atoms with van der Waals surface area (Å²) in [5.74, 6) is -0.908. The van der Waals surface area contributed by atoms with Crippen molar-refractivity contribution in [3.63, 3.8) is 0 Å². The molecule has 0 radical (unpaired) electrons. The van der Waals surface area contributed by atoms with Crippen molar-refractivity contribution in [2.45, 2.75) is 102 Å². The summed E-state index contributed by atoms with van der Waals surface area (Å²) in [6.07, 6.45) is 5.77. The Balaban J connectivity index is 0.707. The number of Topliss-reactive ketones (excluding diaryl/α,β-unsaturated/α-hetero) is 2. The summed E-state index contributed by atoms with van der Waals surface area (Å²) in [5.41, 5.74) is 0.518. The van der Waals surface area contributed by atoms with Gasteiger partial charge < -0.3 is 19.3 Å². The van der Waals surface area contributed by atoms with Crippen LogP contribution in [0.3, 0.4) is 0 Å². The van der Waals surface area contributed by atoms with Crippen molar-refractivity contribution in [2.75, 3.05) is 44.2 Å². The van der Waals surface area contributed by atoms with Crippen LogP contribution in [0.25, 0.3) is 32.9 Å². The monoisotopic (exact) mass is 900 g/mol. The number of carbonyl (C=O) groups is 4. The van der Waals surface area contributed by atoms with Crippen molar-refractivity contribution in [1.29, 1.82) is 0 Å². The van der Waals surface area contributed by atoms with E-state index in [4.69, 9.17) is 9.47 Å². The zero-order chi connectivity index (χ0) is 45.4. The summed E-state index contributed by atoms with van der Waals surface area (Å²) in [4.78, 5) is 65.0. The van der Waals surface area contributed by atoms with E-state index in [1.807, 2.05) is 0 Å². The van der Waals surface area contributed by atoms with Crippen LogP contribution in [0, 0.1) is 0 Å². The molecule has 5 aromatic rings. The molecule has 2 saturated heterocycles. The van der Waals surface area contributed by atoms with Crippen molar-refractivity contribution in [2.24, 2.45) is 0 Å². The van der Waals surface area contributed by atoms with E-state index < -0.39 is 36.1 Å². The van der Waals surface area contributed by atoms with Crippen LogP contribution in [-0.2, 0) is 20.5 Å². The van der Waals surface area contributed by atoms with Crippen LogP contribution in [-0.4, -0.2) is 105 Å². The molecule has 3 fully saturated rings. The van der Waals surface area contributed by atoms with Crippen LogP contribution in [0.4, 0.5) is 27.8 Å². The number of benzene rings is 2. The number of pyridine rings is 2. The van der Waals surface area contributed by atoms with Crippen LogP contribution < -0.4 is 9.64 Å². The number of ketones is 2. The Labute approximate surface area is 371 Å². The third-order valence-electron chi connectivity index (χ3n) is 13.2. The van der Waals surface area contributed by atoms with E-state index in [-0.39, 0.29) is 89.7 Å². The molecule has 6 heterocycles. The van der Waals surface area contributed by atoms with E-state index in [0.29, 0.717) is 48.0 Å². The molecule has 2 aromatic carbocycles. The summed E-state index contributed by atoms with van der Waals surface area (Å²) in [7, 11) is 0. The second-order valence-corrected chi connectivity index (χ2v) is 17.4. The standard InChI is InChI=1S/C48H49F5N6O6/c49-47(50)58-40-14-17-54-26-38(40)35-11-8-29(23-42(35)58)30-22-39(48(51,52)53)44(55-25-30)57-27-34(28-57)65-32-15-19-56(20-16-32)18-4-1-5-21-64-33-10-12-36-37(24-33)46(63)59(45(36)62)41-13-9-31(60)6-2-3-7-43(41)61/h8,10-12,14,17,22-26,32,34,41,47H,1-7,9,13,15-16,18-21,27-28H2. The molecule has 3 aliphatic heterocycles. The third-order valence-corrected chi connectivity index (χ3v) is 13.2. The van der Waals surface area contributed by atoms with Crippen molar-refractivity contribution >= 4 is 51.0 Å². The highest BCUT2D eigenvalue weighted by Gasteiger charge is 2.43. The van der Waals surface area contributed by atoms with E-state index in [9.17, 15) is 41.1 Å². The smallest absolute Gasteiger partial charge is 0.419 e. The van der Waals surface area contributed by atoms with Gasteiger partial charge in [0.1, 0.15) is 17.4 Å². The van der Waals surface area contributed by atoms with Crippen LogP contribution in [0.5, 0.6) is 5.75 Å². The van der Waals surface area contributed by atoms with E-state index in [0.717, 1.165) is 67.3 Å². The first-order valence-corrected chi connectivity index (χ1v) is 22.4. The highest BCUT2D eigenvalue weighted by atomic mass is 19.4. The molecule has 2 amide bonds. The Hall–Kier alpha value is -5.81. The first kappa shape index (κ1) is 44.4. The maximum Gasteiger partial charge on any atom is 0.419 e. The molecular formula is C48H49F5N6O6. The van der Waals surface area contributed by atoms with Gasteiger partial charge in [-0.05, 0) is 99.9 Å². The van der Waals surface area contributed by atoms with Crippen LogP contribution in [0.1, 0.15) is 103 Å². The number of halogens is 5. The number of hydrogen-bond donors (Lipinski definition) is 0. The highest BCUT2D eigenvalue weighted by molar-refractivity contribution is 6.23. The molecule has 65 heavy (non-hydrogen) atoms. The van der Waals surface area contributed by atoms with Gasteiger partial charge in [0.05, 0.1) is 52.6 Å². The molecule has 9 rings (SSSR count). The zero-order valence-corrected chi connectivity index (χ0v) is 35.7. The molecule has 1 saturated carbocycles. The molecule has 1 atom stereocenters. The predicted molar refractivity (Wildman–Crippen MR) is 231 cm³/mol. The maximum atomic E-state index is 14.5. The fraction of sp³-hybridized carbons (Fsp3) is 0.458. The molecular weight excluding hydrogens is 852 g/mol. The van der Waals surface area contributed by atoms with Gasteiger partial charge in [0.2, 0.25) is 0 Å². The summed E-state index contributed by atoms with van der Waals surface area (Å²) in [6, 6.07) is 11.1. The first-order valence-electron chi connectivity index (χ1n) is 22.4. The average Bonchev–Trinajstić information content (AvgIpc) is 3.76. The molecule has 0 spiro atoms. The Kier molecular flexibility index (Phi) is 12.7. The molecule has 3 aromatic heterocycles. The lowest BCUT2D eigenvalue weighted by atomic mass is 10.0. The van der Waals surface area contributed by atoms with Gasteiger partial charge in [0, 0.05) is 80.4 Å². The van der Waals surface area contributed by atoms with Gasteiger partial charge in [-0.2, -0.15) is 22.0 Å². The number of aromatic nitrogens is 3. The number of piperidine rings is 1. The fourth-order valence-electron chi connectivity index (χ4n) is 9.66.